The Bertz CT molecular complexity index is 991. The minimum absolute atomic E-state index is 0.0213. The first-order valence-electron chi connectivity index (χ1n) is 8.91. The van der Waals surface area contributed by atoms with Gasteiger partial charge in [-0.1, -0.05) is 60.7 Å². The van der Waals surface area contributed by atoms with E-state index in [9.17, 15) is 4.79 Å². The van der Waals surface area contributed by atoms with Gasteiger partial charge < -0.3 is 0 Å². The number of quaternary nitrogens is 1. The van der Waals surface area contributed by atoms with Crippen LogP contribution >= 0.6 is 0 Å². The van der Waals surface area contributed by atoms with Gasteiger partial charge in [-0.3, -0.25) is 0 Å². The van der Waals surface area contributed by atoms with E-state index in [1.807, 2.05) is 43.4 Å². The van der Waals surface area contributed by atoms with Crippen LogP contribution in [0.4, 0.5) is 4.79 Å². The minimum atomic E-state index is -0.0924. The number of benzene rings is 2. The summed E-state index contributed by atoms with van der Waals surface area (Å²) >= 11 is 0. The molecule has 1 aliphatic rings. The average molecular weight is 357 g/mol. The number of nitrogens with zero attached hydrogens (tertiary/aromatic N) is 4. The van der Waals surface area contributed by atoms with Crippen molar-refractivity contribution in [2.45, 2.75) is 12.8 Å². The van der Waals surface area contributed by atoms with Crippen LogP contribution in [0.5, 0.6) is 0 Å². The van der Waals surface area contributed by atoms with Gasteiger partial charge in [0.15, 0.2) is 5.70 Å². The Labute approximate surface area is 158 Å². The number of hydrogen-bond acceptors (Lipinski definition) is 3. The molecule has 4 rings (SSSR count). The summed E-state index contributed by atoms with van der Waals surface area (Å²) in [5, 5.41) is 0. The number of hydrogen-bond donors (Lipinski definition) is 0. The summed E-state index contributed by atoms with van der Waals surface area (Å²) in [4.78, 5) is 21.9. The predicted octanol–water partition coefficient (Wildman–Crippen LogP) is 4.04. The summed E-state index contributed by atoms with van der Waals surface area (Å²) in [7, 11) is 1.89. The molecule has 0 fully saturated rings. The molecule has 27 heavy (non-hydrogen) atoms. The fourth-order valence-electron chi connectivity index (χ4n) is 3.37. The van der Waals surface area contributed by atoms with Crippen molar-refractivity contribution in [3.63, 3.8) is 0 Å². The molecule has 5 nitrogen and oxygen atoms in total. The summed E-state index contributed by atoms with van der Waals surface area (Å²) in [6.45, 7) is 0. The lowest BCUT2D eigenvalue weighted by molar-refractivity contribution is -0.683. The molecule has 2 heterocycles. The fraction of sp³-hybridized carbons (Fsp3) is 0.136. The Morgan fingerprint density at radius 2 is 1.59 bits per heavy atom. The normalized spacial score (nSPS) is 18.9. The molecule has 1 aliphatic heterocycles. The van der Waals surface area contributed by atoms with Crippen LogP contribution in [-0.2, 0) is 12.8 Å². The molecular weight excluding hydrogens is 336 g/mol. The molecule has 0 aliphatic carbocycles. The SMILES string of the molecule is C[N+]1(C(=O)n2ccnc2)C=NC(Cc2ccccc2)=C1Cc1ccccc1. The first kappa shape index (κ1) is 17.1. The van der Waals surface area contributed by atoms with E-state index in [0.717, 1.165) is 17.0 Å². The third-order valence-corrected chi connectivity index (χ3v) is 4.89. The third-order valence-electron chi connectivity index (χ3n) is 4.89. The van der Waals surface area contributed by atoms with Gasteiger partial charge >= 0.3 is 6.03 Å². The average Bonchev–Trinajstić information content (AvgIpc) is 3.34. The van der Waals surface area contributed by atoms with Gasteiger partial charge in [-0.2, -0.15) is 4.48 Å². The smallest absolute Gasteiger partial charge is 0.245 e. The van der Waals surface area contributed by atoms with Crippen molar-refractivity contribution in [3.05, 3.63) is 102 Å². The third kappa shape index (κ3) is 3.37. The Kier molecular flexibility index (Phi) is 4.52. The van der Waals surface area contributed by atoms with Crippen LogP contribution in [0.15, 0.2) is 95.8 Å². The number of allylic oxidation sites excluding steroid dienone is 2. The van der Waals surface area contributed by atoms with Gasteiger partial charge in [0, 0.05) is 18.8 Å². The highest BCUT2D eigenvalue weighted by Gasteiger charge is 2.42. The number of aliphatic imine (C=N–C) groups is 1. The second-order valence-corrected chi connectivity index (χ2v) is 6.79. The maximum Gasteiger partial charge on any atom is 0.439 e. The molecule has 0 spiro atoms. The summed E-state index contributed by atoms with van der Waals surface area (Å²) in [5.74, 6) is 0. The summed E-state index contributed by atoms with van der Waals surface area (Å²) < 4.78 is 1.54. The molecule has 0 saturated carbocycles. The molecule has 5 heteroatoms. The molecule has 0 N–H and O–H groups in total. The lowest BCUT2D eigenvalue weighted by Crippen LogP contribution is -2.48. The van der Waals surface area contributed by atoms with Gasteiger partial charge in [-0.25, -0.2) is 19.3 Å². The lowest BCUT2D eigenvalue weighted by Gasteiger charge is -2.25. The first-order chi connectivity index (χ1) is 13.2. The lowest BCUT2D eigenvalue weighted by atomic mass is 10.0. The van der Waals surface area contributed by atoms with Crippen LogP contribution in [-0.4, -0.2) is 33.5 Å². The molecule has 1 unspecified atom stereocenters. The van der Waals surface area contributed by atoms with Gasteiger partial charge in [0.2, 0.25) is 6.34 Å². The second kappa shape index (κ2) is 7.13. The van der Waals surface area contributed by atoms with Gasteiger partial charge in [0.05, 0.1) is 13.5 Å². The summed E-state index contributed by atoms with van der Waals surface area (Å²) in [6, 6.07) is 20.3. The zero-order valence-corrected chi connectivity index (χ0v) is 15.2. The number of carbonyl (C=O) groups excluding carboxylic acids is 1. The predicted molar refractivity (Wildman–Crippen MR) is 105 cm³/mol. The Balaban J connectivity index is 1.74. The Morgan fingerprint density at radius 1 is 0.963 bits per heavy atom. The largest absolute Gasteiger partial charge is 0.439 e. The van der Waals surface area contributed by atoms with Crippen LogP contribution in [0, 0.1) is 0 Å². The van der Waals surface area contributed by atoms with Crippen molar-refractivity contribution < 1.29 is 9.28 Å². The molecule has 1 aromatic heterocycles. The Morgan fingerprint density at radius 3 is 2.19 bits per heavy atom. The van der Waals surface area contributed by atoms with Crippen LogP contribution in [0.1, 0.15) is 11.1 Å². The number of imidazole rings is 1. The summed E-state index contributed by atoms with van der Waals surface area (Å²) in [6.07, 6.45) is 7.93. The molecule has 3 aromatic rings. The number of rotatable bonds is 4. The van der Waals surface area contributed by atoms with Crippen molar-refractivity contribution in [3.8, 4) is 0 Å². The minimum Gasteiger partial charge on any atom is -0.245 e. The highest BCUT2D eigenvalue weighted by atomic mass is 16.2. The van der Waals surface area contributed by atoms with Crippen LogP contribution in [0.3, 0.4) is 0 Å². The van der Waals surface area contributed by atoms with Crippen molar-refractivity contribution in [1.29, 1.82) is 0 Å². The Hall–Kier alpha value is -3.31. The highest BCUT2D eigenvalue weighted by molar-refractivity contribution is 5.80. The zero-order chi connectivity index (χ0) is 18.7. The van der Waals surface area contributed by atoms with Crippen LogP contribution < -0.4 is 0 Å². The molecule has 0 radical (unpaired) electrons. The summed E-state index contributed by atoms with van der Waals surface area (Å²) in [5.41, 5.74) is 4.27. The van der Waals surface area contributed by atoms with Crippen LogP contribution in [0.2, 0.25) is 0 Å². The van der Waals surface area contributed by atoms with E-state index >= 15 is 0 Å². The number of carbonyl (C=O) groups is 1. The molecule has 0 saturated heterocycles. The second-order valence-electron chi connectivity index (χ2n) is 6.79. The monoisotopic (exact) mass is 357 g/mol. The topological polar surface area (TPSA) is 47.2 Å². The quantitative estimate of drug-likeness (QED) is 0.662. The molecule has 2 aromatic carbocycles. The van der Waals surface area contributed by atoms with Gasteiger partial charge in [-0.15, -0.1) is 0 Å². The van der Waals surface area contributed by atoms with Gasteiger partial charge in [0.1, 0.15) is 12.0 Å². The van der Waals surface area contributed by atoms with E-state index in [4.69, 9.17) is 0 Å². The van der Waals surface area contributed by atoms with Crippen molar-refractivity contribution in [1.82, 2.24) is 9.55 Å². The van der Waals surface area contributed by atoms with E-state index in [1.165, 1.54) is 16.5 Å². The van der Waals surface area contributed by atoms with Crippen molar-refractivity contribution >= 4 is 12.4 Å². The maximum atomic E-state index is 13.2. The molecular formula is C22H21N4O+. The molecule has 1 atom stereocenters. The first-order valence-corrected chi connectivity index (χ1v) is 8.91. The fourth-order valence-corrected chi connectivity index (χ4v) is 3.37. The standard InChI is InChI=1S/C22H21N4O/c1-26(22(27)25-13-12-23-16-25)17-24-20(14-18-8-4-2-5-9-18)21(26)15-19-10-6-3-7-11-19/h2-13,16-17H,14-15H2,1H3/q+1. The van der Waals surface area contributed by atoms with Crippen molar-refractivity contribution in [2.24, 2.45) is 4.99 Å². The number of likely N-dealkylation sites (N-methyl/N-ethyl adjacent to an activating group) is 1. The van der Waals surface area contributed by atoms with Crippen molar-refractivity contribution in [2.75, 3.05) is 7.05 Å². The van der Waals surface area contributed by atoms with E-state index in [1.54, 1.807) is 18.7 Å². The molecule has 1 amide bonds. The number of amides is 1. The highest BCUT2D eigenvalue weighted by Crippen LogP contribution is 2.30. The maximum absolute atomic E-state index is 13.2. The number of aromatic nitrogens is 2. The van der Waals surface area contributed by atoms with E-state index < -0.39 is 0 Å². The van der Waals surface area contributed by atoms with Crippen LogP contribution in [0.25, 0.3) is 0 Å². The zero-order valence-electron chi connectivity index (χ0n) is 15.2. The molecule has 134 valence electrons. The van der Waals surface area contributed by atoms with E-state index in [-0.39, 0.29) is 10.5 Å². The van der Waals surface area contributed by atoms with Gasteiger partial charge in [0.25, 0.3) is 0 Å². The van der Waals surface area contributed by atoms with E-state index in [2.05, 4.69) is 34.2 Å². The van der Waals surface area contributed by atoms with Gasteiger partial charge in [-0.05, 0) is 11.1 Å². The molecule has 0 bridgehead atoms. The van der Waals surface area contributed by atoms with E-state index in [0.29, 0.717) is 12.8 Å².